The number of alkyl halides is 1. The number of rotatable bonds is 8. The maximum Gasteiger partial charge on any atom is 0.319 e. The van der Waals surface area contributed by atoms with Crippen LogP contribution in [0.1, 0.15) is 80.1 Å². The molecule has 10 nitrogen and oxygen atoms in total. The summed E-state index contributed by atoms with van der Waals surface area (Å²) in [4.78, 5) is 34.2. The summed E-state index contributed by atoms with van der Waals surface area (Å²) >= 11 is 0. The molecule has 0 aromatic rings. The van der Waals surface area contributed by atoms with E-state index in [1.165, 1.54) is 0 Å². The molecule has 262 valence electrons. The van der Waals surface area contributed by atoms with Crippen molar-refractivity contribution in [2.45, 2.75) is 129 Å². The van der Waals surface area contributed by atoms with E-state index in [4.69, 9.17) is 18.9 Å². The zero-order valence-corrected chi connectivity index (χ0v) is 29.6. The number of hydrogen-bond acceptors (Lipinski definition) is 10. The summed E-state index contributed by atoms with van der Waals surface area (Å²) in [5, 5.41) is 11.3. The molecule has 0 aliphatic carbocycles. The summed E-state index contributed by atoms with van der Waals surface area (Å²) in [5.74, 6) is -1.51. The molecular weight excluding hydrogens is 581 g/mol. The van der Waals surface area contributed by atoms with Gasteiger partial charge in [0.2, 0.25) is 0 Å². The number of aliphatic hydroxyl groups excluding tert-OH is 1. The highest BCUT2D eigenvalue weighted by Crippen LogP contribution is 2.38. The van der Waals surface area contributed by atoms with Crippen molar-refractivity contribution in [1.29, 1.82) is 0 Å². The number of carbonyl (C=O) groups is 2. The third-order valence-electron chi connectivity index (χ3n) is 10.5. The number of likely N-dealkylation sites (tertiary alicyclic amines) is 1. The fourth-order valence-corrected chi connectivity index (χ4v) is 7.57. The number of Topliss-reactive ketones (excluding diaryl/α,β-unsaturated/α-hetero) is 1. The average Bonchev–Trinajstić information content (AvgIpc) is 2.98. The zero-order valence-electron chi connectivity index (χ0n) is 29.6. The maximum absolute atomic E-state index is 14.2. The Morgan fingerprint density at radius 2 is 1.76 bits per heavy atom. The van der Waals surface area contributed by atoms with Crippen LogP contribution >= 0.6 is 0 Å². The highest BCUT2D eigenvalue weighted by molar-refractivity contribution is 6.04. The Hall–Kier alpha value is -1.21. The molecule has 3 heterocycles. The molecule has 45 heavy (non-hydrogen) atoms. The molecule has 11 heteroatoms. The number of hydrogen-bond donors (Lipinski definition) is 1. The van der Waals surface area contributed by atoms with Crippen LogP contribution in [-0.4, -0.2) is 141 Å². The first-order valence-electron chi connectivity index (χ1n) is 17.0. The molecule has 9 atom stereocenters. The van der Waals surface area contributed by atoms with Crippen molar-refractivity contribution in [3.63, 3.8) is 0 Å². The van der Waals surface area contributed by atoms with Crippen LogP contribution in [0.2, 0.25) is 0 Å². The second-order valence-corrected chi connectivity index (χ2v) is 15.1. The van der Waals surface area contributed by atoms with Crippen LogP contribution in [0.4, 0.5) is 4.39 Å². The highest BCUT2D eigenvalue weighted by Gasteiger charge is 2.51. The third kappa shape index (κ3) is 9.67. The third-order valence-corrected chi connectivity index (χ3v) is 10.5. The lowest BCUT2D eigenvalue weighted by atomic mass is 9.74. The van der Waals surface area contributed by atoms with Crippen molar-refractivity contribution < 1.29 is 38.0 Å². The molecule has 0 aromatic carbocycles. The molecule has 3 aliphatic heterocycles. The molecule has 1 N–H and O–H groups in total. The number of halogens is 1. The largest absolute Gasteiger partial charge is 0.463 e. The fraction of sp³-hybridized carbons (Fsp3) is 0.941. The smallest absolute Gasteiger partial charge is 0.319 e. The molecule has 3 rings (SSSR count). The number of piperidine rings is 1. The van der Waals surface area contributed by atoms with E-state index in [-0.39, 0.29) is 36.5 Å². The maximum atomic E-state index is 14.2. The van der Waals surface area contributed by atoms with Crippen LogP contribution in [0.25, 0.3) is 0 Å². The van der Waals surface area contributed by atoms with E-state index in [9.17, 15) is 19.1 Å². The quantitative estimate of drug-likeness (QED) is 0.312. The van der Waals surface area contributed by atoms with Crippen LogP contribution in [0.15, 0.2) is 0 Å². The van der Waals surface area contributed by atoms with E-state index in [0.717, 1.165) is 39.0 Å². The van der Waals surface area contributed by atoms with E-state index in [1.54, 1.807) is 27.9 Å². The monoisotopic (exact) mass is 643 g/mol. The highest BCUT2D eigenvalue weighted by atomic mass is 19.1. The minimum Gasteiger partial charge on any atom is -0.463 e. The SMILES string of the molecule is CO[C@]1(C)C[C@@H](C)CN(C)[C@H](CCCN2CCC(F)CC2)COC(=O)C(C)(C)C(=O)[C@H](C)[C@H]1O[C@@H]1O[C@H](C)C[C@H](N(C)C)[C@H]1O. The lowest BCUT2D eigenvalue weighted by molar-refractivity contribution is -0.295. The molecule has 0 aromatic heterocycles. The topological polar surface area (TPSA) is 101 Å². The summed E-state index contributed by atoms with van der Waals surface area (Å²) < 4.78 is 38.5. The summed E-state index contributed by atoms with van der Waals surface area (Å²) in [7, 11) is 7.51. The number of carbonyl (C=O) groups excluding carboxylic acids is 2. The van der Waals surface area contributed by atoms with E-state index in [2.05, 4.69) is 23.8 Å². The molecule has 3 aliphatic rings. The number of aliphatic hydroxyl groups is 1. The van der Waals surface area contributed by atoms with E-state index < -0.39 is 47.6 Å². The summed E-state index contributed by atoms with van der Waals surface area (Å²) in [6, 6.07) is -0.213. The lowest BCUT2D eigenvalue weighted by Crippen LogP contribution is -2.59. The summed E-state index contributed by atoms with van der Waals surface area (Å²) in [6.45, 7) is 14.4. The number of cyclic esters (lactones) is 1. The van der Waals surface area contributed by atoms with Crippen LogP contribution < -0.4 is 0 Å². The molecule has 0 unspecified atom stereocenters. The van der Waals surface area contributed by atoms with Crippen molar-refractivity contribution in [3.8, 4) is 0 Å². The number of esters is 1. The average molecular weight is 644 g/mol. The fourth-order valence-electron chi connectivity index (χ4n) is 7.57. The predicted molar refractivity (Wildman–Crippen MR) is 172 cm³/mol. The molecule has 0 saturated carbocycles. The van der Waals surface area contributed by atoms with Gasteiger partial charge < -0.3 is 33.9 Å². The van der Waals surface area contributed by atoms with E-state index in [1.807, 2.05) is 32.8 Å². The van der Waals surface area contributed by atoms with Crippen molar-refractivity contribution in [2.75, 3.05) is 61.0 Å². The van der Waals surface area contributed by atoms with Crippen LogP contribution in [-0.2, 0) is 28.5 Å². The van der Waals surface area contributed by atoms with Crippen LogP contribution in [0, 0.1) is 17.3 Å². The molecule has 0 spiro atoms. The van der Waals surface area contributed by atoms with Gasteiger partial charge in [0.15, 0.2) is 12.1 Å². The lowest BCUT2D eigenvalue weighted by Gasteiger charge is -2.47. The molecule has 0 bridgehead atoms. The summed E-state index contributed by atoms with van der Waals surface area (Å²) in [5.41, 5.74) is -2.36. The van der Waals surface area contributed by atoms with Gasteiger partial charge in [-0.3, -0.25) is 14.5 Å². The Morgan fingerprint density at radius 3 is 2.36 bits per heavy atom. The van der Waals surface area contributed by atoms with Crippen molar-refractivity contribution in [2.24, 2.45) is 17.3 Å². The second-order valence-electron chi connectivity index (χ2n) is 15.1. The summed E-state index contributed by atoms with van der Waals surface area (Å²) in [6.07, 6.45) is 0.535. The Labute approximate surface area is 271 Å². The second kappa shape index (κ2) is 16.3. The van der Waals surface area contributed by atoms with Crippen molar-refractivity contribution in [1.82, 2.24) is 14.7 Å². The van der Waals surface area contributed by atoms with Gasteiger partial charge >= 0.3 is 5.97 Å². The Balaban J connectivity index is 1.86. The number of nitrogens with zero attached hydrogens (tertiary/aromatic N) is 3. The first-order valence-corrected chi connectivity index (χ1v) is 17.0. The molecular formula is C34H62FN3O7. The van der Waals surface area contributed by atoms with E-state index >= 15 is 0 Å². The van der Waals surface area contributed by atoms with Crippen molar-refractivity contribution in [3.05, 3.63) is 0 Å². The van der Waals surface area contributed by atoms with Gasteiger partial charge in [-0.25, -0.2) is 4.39 Å². The predicted octanol–water partition coefficient (Wildman–Crippen LogP) is 3.53. The number of ketones is 1. The number of ether oxygens (including phenoxy) is 4. The molecule has 0 radical (unpaired) electrons. The molecule has 0 amide bonds. The van der Waals surface area contributed by atoms with Gasteiger partial charge in [0.05, 0.1) is 17.8 Å². The standard InChI is InChI=1S/C34H62FN3O7/c1-22-19-34(6,42-10)30(45-31-28(39)27(36(7)8)18-23(2)44-31)24(3)29(40)33(4,5)32(41)43-21-26(37(9)20-22)12-11-15-38-16-13-25(35)14-17-38/h22-28,30-31,39H,11-21H2,1-10H3/t22-,23-,24+,26-,27+,28-,30-,31+,34-/m1/s1. The van der Waals surface area contributed by atoms with Crippen molar-refractivity contribution >= 4 is 11.8 Å². The minimum atomic E-state index is -1.43. The first kappa shape index (κ1) is 38.2. The normalized spacial score (nSPS) is 38.8. The number of likely N-dealkylation sites (N-methyl/N-ethyl adjacent to an activating group) is 2. The Kier molecular flexibility index (Phi) is 13.8. The minimum absolute atomic E-state index is 0.0321. The van der Waals surface area contributed by atoms with Gasteiger partial charge in [-0.2, -0.15) is 0 Å². The van der Waals surface area contributed by atoms with Gasteiger partial charge in [-0.1, -0.05) is 13.8 Å². The molecule has 3 saturated heterocycles. The number of methoxy groups -OCH3 is 1. The van der Waals surface area contributed by atoms with Gasteiger partial charge in [0.1, 0.15) is 24.3 Å². The van der Waals surface area contributed by atoms with Crippen LogP contribution in [0.3, 0.4) is 0 Å². The Bertz CT molecular complexity index is 962. The molecule has 3 fully saturated rings. The van der Waals surface area contributed by atoms with Gasteiger partial charge in [-0.15, -0.1) is 0 Å². The van der Waals surface area contributed by atoms with Crippen LogP contribution in [0.5, 0.6) is 0 Å². The van der Waals surface area contributed by atoms with Gasteiger partial charge in [0, 0.05) is 44.7 Å². The van der Waals surface area contributed by atoms with Gasteiger partial charge in [0.25, 0.3) is 0 Å². The zero-order chi connectivity index (χ0) is 33.7. The Morgan fingerprint density at radius 1 is 1.11 bits per heavy atom. The first-order chi connectivity index (χ1) is 21.0. The van der Waals surface area contributed by atoms with E-state index in [0.29, 0.717) is 25.7 Å². The van der Waals surface area contributed by atoms with Gasteiger partial charge in [-0.05, 0) is 99.8 Å².